The van der Waals surface area contributed by atoms with Gasteiger partial charge in [-0.1, -0.05) is 72.8 Å². The molecule has 0 amide bonds. The van der Waals surface area contributed by atoms with Crippen LogP contribution in [0, 0.1) is 7.14 Å². The molecule has 0 aromatic heterocycles. The number of benzene rings is 4. The standard InChI is InChI=1S/C15H15IO.C9H12O.C6H5IO/c16-14-9-4-10-15(12-14)17-11-5-8-13-6-2-1-3-7-13;10-8-4-7-9-5-2-1-3-6-9;7-5-2-1-3-6(8)4-5/h1-4,6-7,9-10,12H,5,8,11H2;1-3,5-6,10H,4,7-8H2;1-4,8H. The number of halogens is 2. The summed E-state index contributed by atoms with van der Waals surface area (Å²) in [5.41, 5.74) is 2.68. The zero-order valence-corrected chi connectivity index (χ0v) is 24.0. The molecule has 0 aliphatic carbocycles. The third-order valence-corrected chi connectivity index (χ3v) is 6.13. The minimum atomic E-state index is 0.287. The van der Waals surface area contributed by atoms with Crippen LogP contribution in [-0.4, -0.2) is 23.4 Å². The van der Waals surface area contributed by atoms with Crippen molar-refractivity contribution in [2.45, 2.75) is 25.7 Å². The van der Waals surface area contributed by atoms with Gasteiger partial charge in [-0.05, 0) is 118 Å². The number of aryl methyl sites for hydroxylation is 2. The van der Waals surface area contributed by atoms with E-state index in [0.29, 0.717) is 5.75 Å². The van der Waals surface area contributed by atoms with Gasteiger partial charge in [0, 0.05) is 13.7 Å². The Morgan fingerprint density at radius 1 is 0.600 bits per heavy atom. The van der Waals surface area contributed by atoms with E-state index in [0.717, 1.165) is 41.6 Å². The third kappa shape index (κ3) is 14.1. The summed E-state index contributed by atoms with van der Waals surface area (Å²) in [6.45, 7) is 1.06. The van der Waals surface area contributed by atoms with Gasteiger partial charge >= 0.3 is 0 Å². The lowest BCUT2D eigenvalue weighted by Crippen LogP contribution is -1.99. The Balaban J connectivity index is 0.000000204. The zero-order valence-electron chi connectivity index (χ0n) is 19.7. The molecule has 184 valence electrons. The van der Waals surface area contributed by atoms with Gasteiger partial charge in [-0.25, -0.2) is 0 Å². The van der Waals surface area contributed by atoms with Crippen molar-refractivity contribution in [2.24, 2.45) is 0 Å². The average molecular weight is 694 g/mol. The Morgan fingerprint density at radius 3 is 1.63 bits per heavy atom. The van der Waals surface area contributed by atoms with Crippen molar-refractivity contribution in [2.75, 3.05) is 13.2 Å². The summed E-state index contributed by atoms with van der Waals surface area (Å²) < 4.78 is 7.97. The lowest BCUT2D eigenvalue weighted by Gasteiger charge is -2.06. The smallest absolute Gasteiger partial charge is 0.120 e. The molecule has 0 heterocycles. The average Bonchev–Trinajstić information content (AvgIpc) is 2.87. The van der Waals surface area contributed by atoms with E-state index in [9.17, 15) is 0 Å². The third-order valence-electron chi connectivity index (χ3n) is 4.79. The molecule has 35 heavy (non-hydrogen) atoms. The van der Waals surface area contributed by atoms with Crippen LogP contribution in [0.15, 0.2) is 109 Å². The molecule has 0 atom stereocenters. The van der Waals surface area contributed by atoms with Crippen molar-refractivity contribution in [3.05, 3.63) is 127 Å². The van der Waals surface area contributed by atoms with Crippen LogP contribution in [0.3, 0.4) is 0 Å². The number of phenols is 1. The highest BCUT2D eigenvalue weighted by Crippen LogP contribution is 2.15. The maximum atomic E-state index is 8.81. The molecule has 0 fully saturated rings. The van der Waals surface area contributed by atoms with E-state index in [2.05, 4.69) is 93.7 Å². The van der Waals surface area contributed by atoms with Gasteiger partial charge in [0.05, 0.1) is 6.61 Å². The molecule has 0 aliphatic heterocycles. The van der Waals surface area contributed by atoms with Gasteiger partial charge in [0.25, 0.3) is 0 Å². The minimum Gasteiger partial charge on any atom is -0.508 e. The van der Waals surface area contributed by atoms with Crippen molar-refractivity contribution in [1.29, 1.82) is 0 Å². The van der Waals surface area contributed by atoms with E-state index in [1.807, 2.05) is 48.5 Å². The van der Waals surface area contributed by atoms with E-state index in [-0.39, 0.29) is 6.61 Å². The number of ether oxygens (including phenoxy) is 1. The van der Waals surface area contributed by atoms with Crippen LogP contribution in [0.5, 0.6) is 11.5 Å². The van der Waals surface area contributed by atoms with E-state index < -0.39 is 0 Å². The van der Waals surface area contributed by atoms with E-state index in [4.69, 9.17) is 14.9 Å². The summed E-state index contributed by atoms with van der Waals surface area (Å²) in [6.07, 6.45) is 3.97. The Kier molecular flexibility index (Phi) is 15.2. The van der Waals surface area contributed by atoms with Crippen molar-refractivity contribution >= 4 is 45.2 Å². The first-order chi connectivity index (χ1) is 17.1. The summed E-state index contributed by atoms with van der Waals surface area (Å²) in [7, 11) is 0. The number of hydrogen-bond donors (Lipinski definition) is 2. The Labute approximate surface area is 236 Å². The van der Waals surface area contributed by atoms with Gasteiger partial charge in [0.2, 0.25) is 0 Å². The fourth-order valence-corrected chi connectivity index (χ4v) is 4.11. The maximum Gasteiger partial charge on any atom is 0.120 e. The minimum absolute atomic E-state index is 0.287. The second kappa shape index (κ2) is 18.2. The molecule has 0 radical (unpaired) electrons. The predicted molar refractivity (Wildman–Crippen MR) is 162 cm³/mol. The molecular formula is C30H32I2O3. The SMILES string of the molecule is Ic1cccc(OCCCc2ccccc2)c1.OCCCc1ccccc1.Oc1cccc(I)c1. The first-order valence-corrected chi connectivity index (χ1v) is 13.7. The van der Waals surface area contributed by atoms with Crippen LogP contribution < -0.4 is 4.74 Å². The van der Waals surface area contributed by atoms with Crippen molar-refractivity contribution in [3.63, 3.8) is 0 Å². The Hall–Kier alpha value is -2.10. The van der Waals surface area contributed by atoms with Crippen LogP contribution in [-0.2, 0) is 12.8 Å². The molecule has 4 aromatic rings. The zero-order chi connectivity index (χ0) is 25.1. The van der Waals surface area contributed by atoms with E-state index in [1.54, 1.807) is 12.1 Å². The maximum absolute atomic E-state index is 8.81. The quantitative estimate of drug-likeness (QED) is 0.146. The fraction of sp³-hybridized carbons (Fsp3) is 0.200. The number of aliphatic hydroxyl groups is 1. The molecule has 0 spiro atoms. The number of hydrogen-bond acceptors (Lipinski definition) is 3. The van der Waals surface area contributed by atoms with Gasteiger partial charge < -0.3 is 14.9 Å². The highest BCUT2D eigenvalue weighted by Gasteiger charge is 1.96. The van der Waals surface area contributed by atoms with Crippen LogP contribution in [0.25, 0.3) is 0 Å². The van der Waals surface area contributed by atoms with Gasteiger partial charge in [-0.3, -0.25) is 0 Å². The first kappa shape index (κ1) is 29.1. The van der Waals surface area contributed by atoms with Gasteiger partial charge in [-0.15, -0.1) is 0 Å². The molecule has 0 unspecified atom stereocenters. The van der Waals surface area contributed by atoms with E-state index >= 15 is 0 Å². The number of aromatic hydroxyl groups is 1. The topological polar surface area (TPSA) is 49.7 Å². The lowest BCUT2D eigenvalue weighted by molar-refractivity contribution is 0.288. The molecular weight excluding hydrogens is 662 g/mol. The molecule has 0 bridgehead atoms. The van der Waals surface area contributed by atoms with Gasteiger partial charge in [0.1, 0.15) is 11.5 Å². The molecule has 0 saturated carbocycles. The molecule has 0 saturated heterocycles. The number of rotatable bonds is 8. The van der Waals surface area contributed by atoms with Crippen LogP contribution >= 0.6 is 45.2 Å². The van der Waals surface area contributed by atoms with Crippen LogP contribution in [0.4, 0.5) is 0 Å². The highest BCUT2D eigenvalue weighted by molar-refractivity contribution is 14.1. The first-order valence-electron chi connectivity index (χ1n) is 11.6. The van der Waals surface area contributed by atoms with Crippen molar-refractivity contribution in [3.8, 4) is 11.5 Å². The molecule has 0 aliphatic rings. The summed E-state index contributed by atoms with van der Waals surface area (Å²) in [6, 6.07) is 36.0. The summed E-state index contributed by atoms with van der Waals surface area (Å²) in [5, 5.41) is 17.3. The predicted octanol–water partition coefficient (Wildman–Crippen LogP) is 7.91. The van der Waals surface area contributed by atoms with E-state index in [1.165, 1.54) is 14.7 Å². The fourth-order valence-electron chi connectivity index (χ4n) is 3.07. The van der Waals surface area contributed by atoms with Gasteiger partial charge in [0.15, 0.2) is 0 Å². The highest BCUT2D eigenvalue weighted by atomic mass is 127. The Bertz CT molecular complexity index is 1060. The van der Waals surface area contributed by atoms with Crippen molar-refractivity contribution < 1.29 is 14.9 Å². The summed E-state index contributed by atoms with van der Waals surface area (Å²) in [5.74, 6) is 1.29. The normalized spacial score (nSPS) is 9.80. The largest absolute Gasteiger partial charge is 0.508 e. The molecule has 4 rings (SSSR count). The van der Waals surface area contributed by atoms with Crippen molar-refractivity contribution in [1.82, 2.24) is 0 Å². The summed E-state index contributed by atoms with van der Waals surface area (Å²) >= 11 is 4.44. The van der Waals surface area contributed by atoms with Crippen LogP contribution in [0.2, 0.25) is 0 Å². The monoisotopic (exact) mass is 694 g/mol. The van der Waals surface area contributed by atoms with Crippen LogP contribution in [0.1, 0.15) is 24.0 Å². The molecule has 3 nitrogen and oxygen atoms in total. The van der Waals surface area contributed by atoms with Gasteiger partial charge in [-0.2, -0.15) is 0 Å². The number of aliphatic hydroxyl groups excluding tert-OH is 1. The second-order valence-corrected chi connectivity index (χ2v) is 10.2. The lowest BCUT2D eigenvalue weighted by atomic mass is 10.1. The molecule has 2 N–H and O–H groups in total. The molecule has 5 heteroatoms. The second-order valence-electron chi connectivity index (χ2n) is 7.69. The Morgan fingerprint density at radius 2 is 1.14 bits per heavy atom. The summed E-state index contributed by atoms with van der Waals surface area (Å²) in [4.78, 5) is 0. The molecule has 4 aromatic carbocycles. The number of phenolic OH excluding ortho intramolecular Hbond substituents is 1.